The summed E-state index contributed by atoms with van der Waals surface area (Å²) in [6.07, 6.45) is 2.06. The zero-order valence-corrected chi connectivity index (χ0v) is 19.8. The van der Waals surface area contributed by atoms with Gasteiger partial charge in [0.05, 0.1) is 12.5 Å². The van der Waals surface area contributed by atoms with Gasteiger partial charge < -0.3 is 9.47 Å². The lowest BCUT2D eigenvalue weighted by molar-refractivity contribution is -0.151. The lowest BCUT2D eigenvalue weighted by atomic mass is 9.74. The first-order valence-corrected chi connectivity index (χ1v) is 12.8. The summed E-state index contributed by atoms with van der Waals surface area (Å²) in [4.78, 5) is 12.6. The number of ether oxygens (including phenoxy) is 2. The summed E-state index contributed by atoms with van der Waals surface area (Å²) in [6.45, 7) is 2.60. The topological polar surface area (TPSA) is 72.9 Å². The zero-order valence-electron chi connectivity index (χ0n) is 19.0. The highest BCUT2D eigenvalue weighted by Gasteiger charge is 2.44. The maximum atomic E-state index is 15.3. The van der Waals surface area contributed by atoms with Crippen molar-refractivity contribution >= 4 is 16.0 Å². The average molecular weight is 476 g/mol. The smallest absolute Gasteiger partial charge is 0.316 e. The standard InChI is InChI=1S/C25H30FNO5S/c1-18-8-11-23(19-6-4-3-5-7-19)33(29,30)27(18)17-20-9-10-21(16-22(20)26)25(24(28)31-2)12-14-32-15-13-25/h3-7,9-10,16,18,23H,8,11-15,17H2,1-2H3/t18-,23-/m0/s1. The first kappa shape index (κ1) is 23.9. The lowest BCUT2D eigenvalue weighted by Crippen LogP contribution is -2.45. The van der Waals surface area contributed by atoms with Gasteiger partial charge in [-0.25, -0.2) is 12.8 Å². The molecular weight excluding hydrogens is 445 g/mol. The van der Waals surface area contributed by atoms with Crippen LogP contribution in [-0.2, 0) is 36.3 Å². The van der Waals surface area contributed by atoms with E-state index in [1.54, 1.807) is 12.1 Å². The van der Waals surface area contributed by atoms with E-state index in [4.69, 9.17) is 9.47 Å². The average Bonchev–Trinajstić information content (AvgIpc) is 2.82. The highest BCUT2D eigenvalue weighted by Crippen LogP contribution is 2.40. The van der Waals surface area contributed by atoms with Gasteiger partial charge in [-0.3, -0.25) is 4.79 Å². The van der Waals surface area contributed by atoms with Gasteiger partial charge in [0.2, 0.25) is 10.0 Å². The molecule has 2 heterocycles. The van der Waals surface area contributed by atoms with E-state index in [9.17, 15) is 13.2 Å². The molecule has 2 aromatic rings. The summed E-state index contributed by atoms with van der Waals surface area (Å²) < 4.78 is 54.1. The van der Waals surface area contributed by atoms with E-state index < -0.39 is 32.5 Å². The van der Waals surface area contributed by atoms with Crippen molar-refractivity contribution in [2.45, 2.75) is 55.9 Å². The molecule has 6 nitrogen and oxygen atoms in total. The molecule has 2 aliphatic rings. The van der Waals surface area contributed by atoms with Crippen LogP contribution >= 0.6 is 0 Å². The van der Waals surface area contributed by atoms with E-state index in [1.165, 1.54) is 17.5 Å². The van der Waals surface area contributed by atoms with Crippen LogP contribution in [0.5, 0.6) is 0 Å². The molecule has 33 heavy (non-hydrogen) atoms. The van der Waals surface area contributed by atoms with Crippen LogP contribution in [0.15, 0.2) is 48.5 Å². The Morgan fingerprint density at radius 3 is 2.48 bits per heavy atom. The third-order valence-corrected chi connectivity index (χ3v) is 9.42. The zero-order chi connectivity index (χ0) is 23.6. The lowest BCUT2D eigenvalue weighted by Gasteiger charge is -2.38. The van der Waals surface area contributed by atoms with Gasteiger partial charge in [0.25, 0.3) is 0 Å². The molecule has 0 aliphatic carbocycles. The third-order valence-electron chi connectivity index (χ3n) is 7.05. The predicted molar refractivity (Wildman–Crippen MR) is 122 cm³/mol. The normalized spacial score (nSPS) is 24.8. The Balaban J connectivity index is 1.63. The van der Waals surface area contributed by atoms with Crippen LogP contribution in [0.2, 0.25) is 0 Å². The number of carbonyl (C=O) groups excluding carboxylic acids is 1. The van der Waals surface area contributed by atoms with Crippen LogP contribution in [0.4, 0.5) is 4.39 Å². The van der Waals surface area contributed by atoms with Crippen LogP contribution in [0.25, 0.3) is 0 Å². The number of carbonyl (C=O) groups is 1. The van der Waals surface area contributed by atoms with Crippen molar-refractivity contribution in [2.24, 2.45) is 0 Å². The van der Waals surface area contributed by atoms with Crippen LogP contribution < -0.4 is 0 Å². The number of methoxy groups -OCH3 is 1. The molecule has 0 spiro atoms. The molecule has 0 amide bonds. The van der Waals surface area contributed by atoms with Gasteiger partial charge in [-0.05, 0) is 49.8 Å². The van der Waals surface area contributed by atoms with E-state index >= 15 is 4.39 Å². The Kier molecular flexibility index (Phi) is 6.88. The largest absolute Gasteiger partial charge is 0.468 e. The summed E-state index contributed by atoms with van der Waals surface area (Å²) in [5.41, 5.74) is 0.630. The maximum absolute atomic E-state index is 15.3. The van der Waals surface area contributed by atoms with Crippen LogP contribution in [-0.4, -0.2) is 45.1 Å². The molecule has 4 rings (SSSR count). The molecule has 8 heteroatoms. The molecule has 0 radical (unpaired) electrons. The number of hydrogen-bond acceptors (Lipinski definition) is 5. The van der Waals surface area contributed by atoms with Crippen molar-refractivity contribution in [3.05, 3.63) is 71.0 Å². The Bertz CT molecular complexity index is 1100. The van der Waals surface area contributed by atoms with Crippen LogP contribution in [0.3, 0.4) is 0 Å². The summed E-state index contributed by atoms with van der Waals surface area (Å²) in [5.74, 6) is -0.928. The van der Waals surface area contributed by atoms with Crippen molar-refractivity contribution in [2.75, 3.05) is 20.3 Å². The summed E-state index contributed by atoms with van der Waals surface area (Å²) >= 11 is 0. The summed E-state index contributed by atoms with van der Waals surface area (Å²) in [6, 6.07) is 13.6. The third kappa shape index (κ3) is 4.44. The fourth-order valence-corrected chi connectivity index (χ4v) is 7.21. The second kappa shape index (κ2) is 9.52. The first-order valence-electron chi connectivity index (χ1n) is 11.3. The molecule has 0 aromatic heterocycles. The van der Waals surface area contributed by atoms with Crippen LogP contribution in [0.1, 0.15) is 54.5 Å². The number of rotatable bonds is 5. The van der Waals surface area contributed by atoms with E-state index in [1.807, 2.05) is 37.3 Å². The fraction of sp³-hybridized carbons (Fsp3) is 0.480. The number of benzene rings is 2. The van der Waals surface area contributed by atoms with Crippen molar-refractivity contribution in [1.29, 1.82) is 0 Å². The minimum atomic E-state index is -3.67. The number of sulfonamides is 1. The van der Waals surface area contributed by atoms with Crippen molar-refractivity contribution in [3.8, 4) is 0 Å². The molecule has 2 aromatic carbocycles. The van der Waals surface area contributed by atoms with Gasteiger partial charge in [-0.1, -0.05) is 42.5 Å². The minimum Gasteiger partial charge on any atom is -0.468 e. The number of esters is 1. The Hall–Kier alpha value is -2.29. The Labute approximate surface area is 194 Å². The van der Waals surface area contributed by atoms with Crippen LogP contribution in [0, 0.1) is 5.82 Å². The van der Waals surface area contributed by atoms with Gasteiger partial charge in [-0.15, -0.1) is 0 Å². The Morgan fingerprint density at radius 2 is 1.85 bits per heavy atom. The monoisotopic (exact) mass is 475 g/mol. The minimum absolute atomic E-state index is 0.0483. The molecule has 2 atom stereocenters. The molecule has 2 fully saturated rings. The van der Waals surface area contributed by atoms with Gasteiger partial charge in [0.15, 0.2) is 0 Å². The van der Waals surface area contributed by atoms with Crippen molar-refractivity contribution in [1.82, 2.24) is 4.31 Å². The number of hydrogen-bond donors (Lipinski definition) is 0. The van der Waals surface area contributed by atoms with E-state index in [0.717, 1.165) is 5.56 Å². The predicted octanol–water partition coefficient (Wildman–Crippen LogP) is 4.10. The van der Waals surface area contributed by atoms with Gasteiger partial charge in [0, 0.05) is 31.4 Å². The molecule has 0 N–H and O–H groups in total. The van der Waals surface area contributed by atoms with Gasteiger partial charge >= 0.3 is 5.97 Å². The molecule has 2 saturated heterocycles. The fourth-order valence-electron chi connectivity index (χ4n) is 5.02. The molecular formula is C25H30FNO5S. The number of nitrogens with zero attached hydrogens (tertiary/aromatic N) is 1. The second-order valence-electron chi connectivity index (χ2n) is 8.91. The summed E-state index contributed by atoms with van der Waals surface area (Å²) in [7, 11) is -2.34. The highest BCUT2D eigenvalue weighted by atomic mass is 32.2. The first-order chi connectivity index (χ1) is 15.8. The van der Waals surface area contributed by atoms with E-state index in [2.05, 4.69) is 0 Å². The van der Waals surface area contributed by atoms with E-state index in [-0.39, 0.29) is 18.2 Å². The SMILES string of the molecule is COC(=O)C1(c2ccc(CN3[C@@H](C)CC[C@@H](c4ccccc4)S3(=O)=O)c(F)c2)CCOCC1. The molecule has 178 valence electrons. The van der Waals surface area contributed by atoms with Gasteiger partial charge in [0.1, 0.15) is 11.1 Å². The molecule has 2 aliphatic heterocycles. The van der Waals surface area contributed by atoms with E-state index in [0.29, 0.717) is 44.5 Å². The maximum Gasteiger partial charge on any atom is 0.316 e. The highest BCUT2D eigenvalue weighted by molar-refractivity contribution is 7.89. The Morgan fingerprint density at radius 1 is 1.15 bits per heavy atom. The van der Waals surface area contributed by atoms with Gasteiger partial charge in [-0.2, -0.15) is 4.31 Å². The molecule has 0 unspecified atom stereocenters. The summed E-state index contributed by atoms with van der Waals surface area (Å²) in [5, 5.41) is -0.637. The molecule has 0 bridgehead atoms. The van der Waals surface area contributed by atoms with Crippen molar-refractivity contribution < 1.29 is 27.1 Å². The second-order valence-corrected chi connectivity index (χ2v) is 11.0. The quantitative estimate of drug-likeness (QED) is 0.609. The van der Waals surface area contributed by atoms with Crippen molar-refractivity contribution in [3.63, 3.8) is 0 Å². The molecule has 0 saturated carbocycles. The number of halogens is 1.